The van der Waals surface area contributed by atoms with E-state index >= 15 is 0 Å². The zero-order chi connectivity index (χ0) is 18.0. The van der Waals surface area contributed by atoms with Crippen LogP contribution in [0.5, 0.6) is 0 Å². The molecule has 0 bridgehead atoms. The van der Waals surface area contributed by atoms with Crippen molar-refractivity contribution in [2.24, 2.45) is 0 Å². The van der Waals surface area contributed by atoms with Crippen LogP contribution in [0.15, 0.2) is 24.3 Å². The predicted octanol–water partition coefficient (Wildman–Crippen LogP) is 2.87. The van der Waals surface area contributed by atoms with Gasteiger partial charge in [0, 0.05) is 87.3 Å². The van der Waals surface area contributed by atoms with Crippen molar-refractivity contribution in [3.05, 3.63) is 35.4 Å². The standard InChI is InChI=1S/C20H24N4O/c1-21(2)12-7-14-18-16(9-12)23(5)11-24(6)17-10-13(22(3)4)8-15(19(17)18)20(14)25/h7-10H,11H2,1-6H3. The van der Waals surface area contributed by atoms with Crippen LogP contribution in [0.2, 0.25) is 0 Å². The highest BCUT2D eigenvalue weighted by Gasteiger charge is 2.36. The number of ketones is 1. The van der Waals surface area contributed by atoms with Crippen LogP contribution in [0.3, 0.4) is 0 Å². The zero-order valence-electron chi connectivity index (χ0n) is 15.7. The van der Waals surface area contributed by atoms with Gasteiger partial charge in [0.25, 0.3) is 0 Å². The minimum absolute atomic E-state index is 0.128. The predicted molar refractivity (Wildman–Crippen MR) is 106 cm³/mol. The maximum Gasteiger partial charge on any atom is 0.194 e. The first-order valence-electron chi connectivity index (χ1n) is 8.47. The molecule has 0 unspecified atom stereocenters. The Labute approximate surface area is 149 Å². The topological polar surface area (TPSA) is 30.0 Å². The summed E-state index contributed by atoms with van der Waals surface area (Å²) in [5, 5.41) is 0. The second-order valence-electron chi connectivity index (χ2n) is 7.43. The Morgan fingerprint density at radius 1 is 0.760 bits per heavy atom. The van der Waals surface area contributed by atoms with Crippen LogP contribution in [-0.4, -0.2) is 54.7 Å². The summed E-state index contributed by atoms with van der Waals surface area (Å²) in [6.07, 6.45) is 0. The summed E-state index contributed by atoms with van der Waals surface area (Å²) in [6.45, 7) is 0.779. The van der Waals surface area contributed by atoms with E-state index in [9.17, 15) is 4.79 Å². The molecule has 0 aromatic heterocycles. The lowest BCUT2D eigenvalue weighted by atomic mass is 10.00. The second-order valence-corrected chi connectivity index (χ2v) is 7.43. The maximum absolute atomic E-state index is 13.2. The molecule has 0 amide bonds. The molecule has 4 rings (SSSR count). The molecule has 25 heavy (non-hydrogen) atoms. The molecule has 5 nitrogen and oxygen atoms in total. The first kappa shape index (κ1) is 15.8. The van der Waals surface area contributed by atoms with Crippen molar-refractivity contribution >= 4 is 28.5 Å². The van der Waals surface area contributed by atoms with E-state index in [1.807, 2.05) is 40.3 Å². The summed E-state index contributed by atoms with van der Waals surface area (Å²) in [5.41, 5.74) is 8.15. The van der Waals surface area contributed by atoms with Gasteiger partial charge >= 0.3 is 0 Å². The molecule has 0 saturated heterocycles. The maximum atomic E-state index is 13.2. The van der Waals surface area contributed by atoms with Crippen molar-refractivity contribution in [1.29, 1.82) is 0 Å². The largest absolute Gasteiger partial charge is 0.378 e. The van der Waals surface area contributed by atoms with Gasteiger partial charge in [0.1, 0.15) is 0 Å². The average molecular weight is 336 g/mol. The fraction of sp³-hybridized carbons (Fsp3) is 0.350. The molecule has 1 aliphatic carbocycles. The molecule has 130 valence electrons. The number of hydrogen-bond donors (Lipinski definition) is 0. The van der Waals surface area contributed by atoms with Crippen molar-refractivity contribution in [1.82, 2.24) is 0 Å². The summed E-state index contributed by atoms with van der Waals surface area (Å²) in [7, 11) is 12.2. The molecule has 1 aliphatic heterocycles. The average Bonchev–Trinajstić information content (AvgIpc) is 2.79. The number of rotatable bonds is 2. The van der Waals surface area contributed by atoms with Crippen molar-refractivity contribution < 1.29 is 4.79 Å². The SMILES string of the molecule is CN(C)c1cc2c3c(c1)N(C)CN(C)c1cc(N(C)C)cc(c1-3)C2=O. The molecule has 0 N–H and O–H groups in total. The fourth-order valence-electron chi connectivity index (χ4n) is 3.84. The minimum Gasteiger partial charge on any atom is -0.378 e. The monoisotopic (exact) mass is 336 g/mol. The Morgan fingerprint density at radius 2 is 1.16 bits per heavy atom. The van der Waals surface area contributed by atoms with Gasteiger partial charge in [0.05, 0.1) is 6.67 Å². The highest BCUT2D eigenvalue weighted by molar-refractivity contribution is 6.26. The quantitative estimate of drug-likeness (QED) is 0.718. The van der Waals surface area contributed by atoms with Gasteiger partial charge in [-0.2, -0.15) is 0 Å². The summed E-state index contributed by atoms with van der Waals surface area (Å²) < 4.78 is 0. The van der Waals surface area contributed by atoms with Gasteiger partial charge in [-0.05, 0) is 24.3 Å². The highest BCUT2D eigenvalue weighted by atomic mass is 16.1. The van der Waals surface area contributed by atoms with E-state index in [-0.39, 0.29) is 5.78 Å². The van der Waals surface area contributed by atoms with Crippen LogP contribution < -0.4 is 19.6 Å². The lowest BCUT2D eigenvalue weighted by Gasteiger charge is -2.27. The highest BCUT2D eigenvalue weighted by Crippen LogP contribution is 2.51. The van der Waals surface area contributed by atoms with Crippen LogP contribution in [0, 0.1) is 0 Å². The van der Waals surface area contributed by atoms with Gasteiger partial charge < -0.3 is 19.6 Å². The Kier molecular flexibility index (Phi) is 3.26. The van der Waals surface area contributed by atoms with E-state index < -0.39 is 0 Å². The number of nitrogens with zero attached hydrogens (tertiary/aromatic N) is 4. The van der Waals surface area contributed by atoms with E-state index in [1.54, 1.807) is 0 Å². The van der Waals surface area contributed by atoms with E-state index in [0.717, 1.165) is 51.7 Å². The van der Waals surface area contributed by atoms with Crippen LogP contribution in [-0.2, 0) is 0 Å². The Bertz CT molecular complexity index is 830. The van der Waals surface area contributed by atoms with Crippen molar-refractivity contribution in [2.45, 2.75) is 0 Å². The smallest absolute Gasteiger partial charge is 0.194 e. The number of carbonyl (C=O) groups excluding carboxylic acids is 1. The first-order chi connectivity index (χ1) is 11.8. The number of benzene rings is 2. The summed E-state index contributed by atoms with van der Waals surface area (Å²) in [4.78, 5) is 21.8. The van der Waals surface area contributed by atoms with Crippen LogP contribution in [0.1, 0.15) is 15.9 Å². The Morgan fingerprint density at radius 3 is 1.52 bits per heavy atom. The molecule has 0 radical (unpaired) electrons. The van der Waals surface area contributed by atoms with Gasteiger partial charge in [-0.15, -0.1) is 0 Å². The summed E-state index contributed by atoms with van der Waals surface area (Å²) >= 11 is 0. The van der Waals surface area contributed by atoms with Crippen LogP contribution in [0.4, 0.5) is 22.7 Å². The normalized spacial score (nSPS) is 14.6. The van der Waals surface area contributed by atoms with Gasteiger partial charge in [0.15, 0.2) is 5.78 Å². The molecule has 2 aliphatic rings. The summed E-state index contributed by atoms with van der Waals surface area (Å²) in [6, 6.07) is 8.42. The minimum atomic E-state index is 0.128. The molecule has 1 heterocycles. The first-order valence-corrected chi connectivity index (χ1v) is 8.47. The molecule has 0 saturated carbocycles. The lowest BCUT2D eigenvalue weighted by Crippen LogP contribution is -2.32. The van der Waals surface area contributed by atoms with Gasteiger partial charge in [0.2, 0.25) is 0 Å². The lowest BCUT2D eigenvalue weighted by molar-refractivity contribution is 0.104. The molecular formula is C20H24N4O. The molecule has 0 atom stereocenters. The fourth-order valence-corrected chi connectivity index (χ4v) is 3.84. The van der Waals surface area contributed by atoms with Crippen molar-refractivity contribution in [2.75, 3.05) is 68.6 Å². The summed E-state index contributed by atoms with van der Waals surface area (Å²) in [5.74, 6) is 0.128. The van der Waals surface area contributed by atoms with E-state index in [1.165, 1.54) is 0 Å². The molecule has 2 aromatic rings. The third kappa shape index (κ3) is 2.11. The van der Waals surface area contributed by atoms with Gasteiger partial charge in [-0.3, -0.25) is 4.79 Å². The van der Waals surface area contributed by atoms with Crippen molar-refractivity contribution in [3.63, 3.8) is 0 Å². The number of anilines is 4. The number of hydrogen-bond acceptors (Lipinski definition) is 5. The molecule has 0 spiro atoms. The van der Waals surface area contributed by atoms with E-state index in [4.69, 9.17) is 0 Å². The third-order valence-corrected chi connectivity index (χ3v) is 5.22. The Balaban J connectivity index is 2.09. The van der Waals surface area contributed by atoms with Gasteiger partial charge in [-0.1, -0.05) is 0 Å². The number of carbonyl (C=O) groups is 1. The second kappa shape index (κ2) is 5.15. The molecule has 2 aromatic carbocycles. The van der Waals surface area contributed by atoms with Gasteiger partial charge in [-0.25, -0.2) is 0 Å². The molecule has 5 heteroatoms. The Hall–Kier alpha value is -2.69. The van der Waals surface area contributed by atoms with Crippen LogP contribution >= 0.6 is 0 Å². The van der Waals surface area contributed by atoms with E-state index in [0.29, 0.717) is 0 Å². The van der Waals surface area contributed by atoms with Crippen molar-refractivity contribution in [3.8, 4) is 11.1 Å². The molecular weight excluding hydrogens is 312 g/mol. The van der Waals surface area contributed by atoms with E-state index in [2.05, 4.69) is 45.8 Å². The third-order valence-electron chi connectivity index (χ3n) is 5.22. The zero-order valence-corrected chi connectivity index (χ0v) is 15.7. The van der Waals surface area contributed by atoms with Crippen LogP contribution in [0.25, 0.3) is 11.1 Å². The molecule has 0 fully saturated rings.